The highest BCUT2D eigenvalue weighted by Crippen LogP contribution is 2.32. The molecule has 1 aromatic heterocycles. The number of aromatic nitrogens is 1. The summed E-state index contributed by atoms with van der Waals surface area (Å²) in [6.45, 7) is -0.430. The summed E-state index contributed by atoms with van der Waals surface area (Å²) in [4.78, 5) is 24.7. The van der Waals surface area contributed by atoms with Crippen LogP contribution in [0.2, 0.25) is 5.02 Å². The fourth-order valence-electron chi connectivity index (χ4n) is 2.25. The number of rotatable bonds is 4. The molecule has 8 heteroatoms. The summed E-state index contributed by atoms with van der Waals surface area (Å²) in [6, 6.07) is 11.0. The van der Waals surface area contributed by atoms with Crippen LogP contribution in [0.1, 0.15) is 5.69 Å². The molecule has 0 spiro atoms. The summed E-state index contributed by atoms with van der Waals surface area (Å²) in [7, 11) is 0. The molecule has 1 N–H and O–H groups in total. The van der Waals surface area contributed by atoms with Gasteiger partial charge in [-0.1, -0.05) is 35.6 Å². The van der Waals surface area contributed by atoms with Gasteiger partial charge in [-0.2, -0.15) is 0 Å². The highest BCUT2D eigenvalue weighted by atomic mass is 35.5. The Hall–Kier alpha value is -2.09. The molecule has 1 aromatic carbocycles. The lowest BCUT2D eigenvalue weighted by atomic mass is 10.3. The van der Waals surface area contributed by atoms with E-state index in [1.54, 1.807) is 18.2 Å². The number of benzene rings is 1. The summed E-state index contributed by atoms with van der Waals surface area (Å²) in [5.41, 5.74) is 1.69. The van der Waals surface area contributed by atoms with Crippen LogP contribution in [0.4, 0.5) is 0 Å². The van der Waals surface area contributed by atoms with E-state index in [2.05, 4.69) is 0 Å². The van der Waals surface area contributed by atoms with Gasteiger partial charge < -0.3 is 9.67 Å². The second kappa shape index (κ2) is 6.80. The van der Waals surface area contributed by atoms with Crippen LogP contribution < -0.4 is 0 Å². The van der Waals surface area contributed by atoms with Crippen molar-refractivity contribution in [3.05, 3.63) is 58.2 Å². The molecule has 1 amide bonds. The van der Waals surface area contributed by atoms with Crippen molar-refractivity contribution in [2.75, 3.05) is 6.54 Å². The molecule has 122 valence electrons. The van der Waals surface area contributed by atoms with Crippen molar-refractivity contribution in [2.45, 2.75) is 0 Å². The number of thioether (sulfide) groups is 1. The number of amides is 1. The van der Waals surface area contributed by atoms with Crippen molar-refractivity contribution in [2.24, 2.45) is 0 Å². The first-order chi connectivity index (χ1) is 11.5. The summed E-state index contributed by atoms with van der Waals surface area (Å²) in [5.74, 6) is -1.49. The summed E-state index contributed by atoms with van der Waals surface area (Å²) >= 11 is 12.1. The molecule has 3 rings (SSSR count). The fraction of sp³-hybridized carbons (Fsp3) is 0.0625. The zero-order valence-electron chi connectivity index (χ0n) is 12.2. The van der Waals surface area contributed by atoms with Crippen LogP contribution >= 0.6 is 35.6 Å². The second-order valence-electron chi connectivity index (χ2n) is 4.94. The van der Waals surface area contributed by atoms with Crippen LogP contribution in [-0.4, -0.2) is 37.3 Å². The molecular formula is C16H11ClN2O3S2. The van der Waals surface area contributed by atoms with Gasteiger partial charge in [0, 0.05) is 22.6 Å². The minimum Gasteiger partial charge on any atom is -0.480 e. The van der Waals surface area contributed by atoms with Crippen LogP contribution in [0.15, 0.2) is 47.5 Å². The van der Waals surface area contributed by atoms with Crippen molar-refractivity contribution >= 4 is 57.9 Å². The van der Waals surface area contributed by atoms with Gasteiger partial charge in [0.25, 0.3) is 5.91 Å². The molecule has 24 heavy (non-hydrogen) atoms. The number of hydrogen-bond donors (Lipinski definition) is 1. The minimum atomic E-state index is -1.10. The molecule has 0 bridgehead atoms. The molecule has 1 aliphatic heterocycles. The Balaban J connectivity index is 1.92. The largest absolute Gasteiger partial charge is 0.480 e. The fourth-order valence-corrected chi connectivity index (χ4v) is 3.62. The summed E-state index contributed by atoms with van der Waals surface area (Å²) < 4.78 is 2.15. The molecule has 0 atom stereocenters. The Bertz CT molecular complexity index is 858. The number of carboxylic acid groups (broad SMARTS) is 1. The van der Waals surface area contributed by atoms with Crippen molar-refractivity contribution in [1.29, 1.82) is 0 Å². The minimum absolute atomic E-state index is 0.248. The van der Waals surface area contributed by atoms with E-state index in [0.717, 1.165) is 28.0 Å². The number of thiocarbonyl (C=S) groups is 1. The monoisotopic (exact) mass is 378 g/mol. The van der Waals surface area contributed by atoms with E-state index in [0.29, 0.717) is 9.93 Å². The second-order valence-corrected chi connectivity index (χ2v) is 7.05. The normalized spacial score (nSPS) is 16.2. The quantitative estimate of drug-likeness (QED) is 0.652. The topological polar surface area (TPSA) is 62.5 Å². The Labute approximate surface area is 152 Å². The highest BCUT2D eigenvalue weighted by molar-refractivity contribution is 8.26. The van der Waals surface area contributed by atoms with Crippen molar-refractivity contribution in [3.8, 4) is 5.69 Å². The molecule has 0 aliphatic carbocycles. The number of carboxylic acids is 1. The van der Waals surface area contributed by atoms with Gasteiger partial charge in [0.15, 0.2) is 0 Å². The SMILES string of the molecule is O=C(O)CN1C(=O)/C(=C\c2cccn2-c2ccc(Cl)cc2)SC1=S. The first kappa shape index (κ1) is 16.8. The standard InChI is InChI=1S/C16H11ClN2O3S2/c17-10-3-5-11(6-4-10)18-7-1-2-12(18)8-13-15(22)19(9-14(20)21)16(23)24-13/h1-8H,9H2,(H,20,21)/b13-8+. The first-order valence-corrected chi connectivity index (χ1v) is 8.46. The van der Waals surface area contributed by atoms with Crippen LogP contribution in [0.25, 0.3) is 11.8 Å². The lowest BCUT2D eigenvalue weighted by Gasteiger charge is -2.10. The number of carbonyl (C=O) groups is 2. The molecular weight excluding hydrogens is 368 g/mol. The molecule has 0 saturated carbocycles. The van der Waals surface area contributed by atoms with E-state index < -0.39 is 18.4 Å². The van der Waals surface area contributed by atoms with Crippen molar-refractivity contribution in [1.82, 2.24) is 9.47 Å². The molecule has 1 fully saturated rings. The molecule has 0 unspecified atom stereocenters. The highest BCUT2D eigenvalue weighted by Gasteiger charge is 2.33. The number of aliphatic carboxylic acids is 1. The number of nitrogens with zero attached hydrogens (tertiary/aromatic N) is 2. The van der Waals surface area contributed by atoms with Gasteiger partial charge >= 0.3 is 5.97 Å². The molecule has 1 aliphatic rings. The van der Waals surface area contributed by atoms with Gasteiger partial charge in [0.2, 0.25) is 0 Å². The lowest BCUT2D eigenvalue weighted by Crippen LogP contribution is -2.33. The van der Waals surface area contributed by atoms with E-state index in [9.17, 15) is 9.59 Å². The van der Waals surface area contributed by atoms with E-state index >= 15 is 0 Å². The van der Waals surface area contributed by atoms with Gasteiger partial charge in [0.05, 0.1) is 4.91 Å². The smallest absolute Gasteiger partial charge is 0.323 e. The maximum absolute atomic E-state index is 12.3. The van der Waals surface area contributed by atoms with Crippen LogP contribution in [-0.2, 0) is 9.59 Å². The van der Waals surface area contributed by atoms with Gasteiger partial charge in [-0.25, -0.2) is 0 Å². The Kier molecular flexibility index (Phi) is 4.75. The first-order valence-electron chi connectivity index (χ1n) is 6.86. The Morgan fingerprint density at radius 3 is 2.67 bits per heavy atom. The predicted octanol–water partition coefficient (Wildman–Crippen LogP) is 3.42. The van der Waals surface area contributed by atoms with Crippen LogP contribution in [0.5, 0.6) is 0 Å². The Morgan fingerprint density at radius 2 is 2.00 bits per heavy atom. The third-order valence-electron chi connectivity index (χ3n) is 3.33. The summed E-state index contributed by atoms with van der Waals surface area (Å²) in [5, 5.41) is 9.51. The average molecular weight is 379 g/mol. The zero-order valence-corrected chi connectivity index (χ0v) is 14.6. The van der Waals surface area contributed by atoms with Crippen LogP contribution in [0.3, 0.4) is 0 Å². The van der Waals surface area contributed by atoms with Gasteiger partial charge in [-0.05, 0) is 42.5 Å². The van der Waals surface area contributed by atoms with Crippen molar-refractivity contribution < 1.29 is 14.7 Å². The number of carbonyl (C=O) groups excluding carboxylic acids is 1. The third kappa shape index (κ3) is 3.38. The van der Waals surface area contributed by atoms with E-state index in [4.69, 9.17) is 28.9 Å². The van der Waals surface area contributed by atoms with Gasteiger partial charge in [0.1, 0.15) is 10.9 Å². The summed E-state index contributed by atoms with van der Waals surface area (Å²) in [6.07, 6.45) is 3.57. The van der Waals surface area contributed by atoms with E-state index in [1.807, 2.05) is 35.0 Å². The predicted molar refractivity (Wildman–Crippen MR) is 98.3 cm³/mol. The number of halogens is 1. The van der Waals surface area contributed by atoms with Crippen molar-refractivity contribution in [3.63, 3.8) is 0 Å². The molecule has 2 heterocycles. The lowest BCUT2D eigenvalue weighted by molar-refractivity contribution is -0.140. The number of hydrogen-bond acceptors (Lipinski definition) is 4. The maximum Gasteiger partial charge on any atom is 0.323 e. The molecule has 5 nitrogen and oxygen atoms in total. The Morgan fingerprint density at radius 1 is 1.29 bits per heavy atom. The van der Waals surface area contributed by atoms with Crippen LogP contribution in [0, 0.1) is 0 Å². The van der Waals surface area contributed by atoms with E-state index in [-0.39, 0.29) is 4.32 Å². The molecule has 2 aromatic rings. The molecule has 1 saturated heterocycles. The van der Waals surface area contributed by atoms with E-state index in [1.165, 1.54) is 0 Å². The third-order valence-corrected chi connectivity index (χ3v) is 4.96. The maximum atomic E-state index is 12.3. The van der Waals surface area contributed by atoms with Gasteiger partial charge in [-0.15, -0.1) is 0 Å². The zero-order chi connectivity index (χ0) is 17.3. The van der Waals surface area contributed by atoms with Gasteiger partial charge in [-0.3, -0.25) is 14.5 Å². The average Bonchev–Trinajstić information content (AvgIpc) is 3.09. The molecule has 0 radical (unpaired) electrons.